The molecule has 1 aliphatic carbocycles. The Hall–Kier alpha value is -2.39. The number of nitrogens with one attached hydrogen (secondary N) is 1. The minimum atomic E-state index is -3.97. The Kier molecular flexibility index (Phi) is 6.59. The number of benzene rings is 2. The predicted molar refractivity (Wildman–Crippen MR) is 102 cm³/mol. The van der Waals surface area contributed by atoms with E-state index in [2.05, 4.69) is 5.32 Å². The van der Waals surface area contributed by atoms with Gasteiger partial charge in [0.05, 0.1) is 17.1 Å². The summed E-state index contributed by atoms with van der Waals surface area (Å²) in [4.78, 5) is 12.5. The smallest absolute Gasteiger partial charge is 0.243 e. The van der Waals surface area contributed by atoms with E-state index < -0.39 is 45.6 Å². The lowest BCUT2D eigenvalue weighted by Gasteiger charge is -2.33. The summed E-state index contributed by atoms with van der Waals surface area (Å²) in [7, 11) is -3.97. The van der Waals surface area contributed by atoms with Gasteiger partial charge in [-0.1, -0.05) is 37.5 Å². The SMILES string of the molecule is O=C(CN(C1CCCCC1)S(=O)(=O)c1ccccc1)Nc1ccc(F)c(F)c1F. The van der Waals surface area contributed by atoms with Gasteiger partial charge in [-0.2, -0.15) is 4.31 Å². The number of anilines is 1. The maximum Gasteiger partial charge on any atom is 0.243 e. The molecule has 0 radical (unpaired) electrons. The number of hydrogen-bond acceptors (Lipinski definition) is 3. The molecular formula is C20H21F3N2O3S. The second-order valence-electron chi connectivity index (χ2n) is 6.93. The van der Waals surface area contributed by atoms with E-state index in [1.165, 1.54) is 12.1 Å². The molecule has 2 aromatic carbocycles. The number of carbonyl (C=O) groups is 1. The van der Waals surface area contributed by atoms with Crippen molar-refractivity contribution >= 4 is 21.6 Å². The minimum absolute atomic E-state index is 0.0531. The molecule has 3 rings (SSSR count). The molecule has 1 aliphatic rings. The van der Waals surface area contributed by atoms with Gasteiger partial charge in [-0.25, -0.2) is 21.6 Å². The lowest BCUT2D eigenvalue weighted by molar-refractivity contribution is -0.116. The molecule has 1 saturated carbocycles. The Bertz CT molecular complexity index is 978. The summed E-state index contributed by atoms with van der Waals surface area (Å²) in [6.07, 6.45) is 3.88. The molecule has 1 fully saturated rings. The molecule has 0 spiro atoms. The van der Waals surface area contributed by atoms with E-state index in [1.54, 1.807) is 18.2 Å². The molecule has 9 heteroatoms. The zero-order valence-corrected chi connectivity index (χ0v) is 16.4. The van der Waals surface area contributed by atoms with Gasteiger partial charge in [0.1, 0.15) is 0 Å². The average molecular weight is 426 g/mol. The van der Waals surface area contributed by atoms with E-state index >= 15 is 0 Å². The van der Waals surface area contributed by atoms with Crippen molar-refractivity contribution in [3.63, 3.8) is 0 Å². The quantitative estimate of drug-likeness (QED) is 0.709. The van der Waals surface area contributed by atoms with Crippen LogP contribution in [0.3, 0.4) is 0 Å². The molecule has 1 N–H and O–H groups in total. The van der Waals surface area contributed by atoms with Crippen LogP contribution in [0.15, 0.2) is 47.4 Å². The van der Waals surface area contributed by atoms with E-state index in [0.29, 0.717) is 18.9 Å². The van der Waals surface area contributed by atoms with Gasteiger partial charge < -0.3 is 5.32 Å². The minimum Gasteiger partial charge on any atom is -0.322 e. The molecule has 2 aromatic rings. The number of carbonyl (C=O) groups excluding carboxylic acids is 1. The van der Waals surface area contributed by atoms with Gasteiger partial charge >= 0.3 is 0 Å². The molecule has 0 saturated heterocycles. The first kappa shape index (κ1) is 21.3. The maximum atomic E-state index is 13.9. The van der Waals surface area contributed by atoms with Gasteiger partial charge in [0, 0.05) is 6.04 Å². The van der Waals surface area contributed by atoms with E-state index in [-0.39, 0.29) is 10.9 Å². The van der Waals surface area contributed by atoms with Crippen LogP contribution in [0.4, 0.5) is 18.9 Å². The van der Waals surface area contributed by atoms with Crippen molar-refractivity contribution in [2.24, 2.45) is 0 Å². The number of sulfonamides is 1. The Morgan fingerprint density at radius 2 is 1.62 bits per heavy atom. The molecule has 0 aliphatic heterocycles. The van der Waals surface area contributed by atoms with Gasteiger partial charge in [-0.3, -0.25) is 4.79 Å². The predicted octanol–water partition coefficient (Wildman–Crippen LogP) is 4.07. The van der Waals surface area contributed by atoms with Crippen molar-refractivity contribution in [3.05, 3.63) is 59.9 Å². The van der Waals surface area contributed by atoms with E-state index in [0.717, 1.165) is 29.6 Å². The van der Waals surface area contributed by atoms with Crippen molar-refractivity contribution in [1.29, 1.82) is 0 Å². The van der Waals surface area contributed by atoms with Crippen LogP contribution in [0.2, 0.25) is 0 Å². The molecule has 0 bridgehead atoms. The molecule has 5 nitrogen and oxygen atoms in total. The fourth-order valence-electron chi connectivity index (χ4n) is 3.46. The molecule has 0 atom stereocenters. The monoisotopic (exact) mass is 426 g/mol. The highest BCUT2D eigenvalue weighted by atomic mass is 32.2. The zero-order chi connectivity index (χ0) is 21.0. The fourth-order valence-corrected chi connectivity index (χ4v) is 5.12. The Morgan fingerprint density at radius 1 is 0.966 bits per heavy atom. The van der Waals surface area contributed by atoms with Crippen LogP contribution in [0.25, 0.3) is 0 Å². The van der Waals surface area contributed by atoms with Crippen molar-refractivity contribution in [3.8, 4) is 0 Å². The number of halogens is 3. The second-order valence-corrected chi connectivity index (χ2v) is 8.82. The maximum absolute atomic E-state index is 13.9. The number of hydrogen-bond donors (Lipinski definition) is 1. The van der Waals surface area contributed by atoms with Crippen LogP contribution in [0.1, 0.15) is 32.1 Å². The molecular weight excluding hydrogens is 405 g/mol. The lowest BCUT2D eigenvalue weighted by Crippen LogP contribution is -2.45. The molecule has 0 heterocycles. The molecule has 29 heavy (non-hydrogen) atoms. The van der Waals surface area contributed by atoms with E-state index in [1.807, 2.05) is 0 Å². The van der Waals surface area contributed by atoms with Crippen molar-refractivity contribution < 1.29 is 26.4 Å². The molecule has 156 valence electrons. The van der Waals surface area contributed by atoms with Crippen LogP contribution < -0.4 is 5.32 Å². The first-order chi connectivity index (χ1) is 13.8. The number of nitrogens with zero attached hydrogens (tertiary/aromatic N) is 1. The van der Waals surface area contributed by atoms with E-state index in [9.17, 15) is 26.4 Å². The van der Waals surface area contributed by atoms with Crippen LogP contribution in [0.5, 0.6) is 0 Å². The second kappa shape index (κ2) is 8.96. The summed E-state index contributed by atoms with van der Waals surface area (Å²) >= 11 is 0. The fraction of sp³-hybridized carbons (Fsp3) is 0.350. The van der Waals surface area contributed by atoms with Gasteiger partial charge in [0.15, 0.2) is 17.5 Å². The Labute approximate surface area is 167 Å². The number of rotatable bonds is 6. The lowest BCUT2D eigenvalue weighted by atomic mass is 9.95. The van der Waals surface area contributed by atoms with Gasteiger partial charge in [0.25, 0.3) is 0 Å². The first-order valence-electron chi connectivity index (χ1n) is 9.31. The summed E-state index contributed by atoms with van der Waals surface area (Å²) < 4.78 is 67.7. The summed E-state index contributed by atoms with van der Waals surface area (Å²) in [6, 6.07) is 8.95. The zero-order valence-electron chi connectivity index (χ0n) is 15.6. The third kappa shape index (κ3) is 4.79. The van der Waals surface area contributed by atoms with Crippen LogP contribution in [-0.2, 0) is 14.8 Å². The van der Waals surface area contributed by atoms with Crippen LogP contribution >= 0.6 is 0 Å². The van der Waals surface area contributed by atoms with Gasteiger partial charge in [-0.15, -0.1) is 0 Å². The number of amides is 1. The normalized spacial score (nSPS) is 15.4. The van der Waals surface area contributed by atoms with Crippen LogP contribution in [-0.4, -0.2) is 31.2 Å². The van der Waals surface area contributed by atoms with Crippen molar-refractivity contribution in [1.82, 2.24) is 4.31 Å². The Morgan fingerprint density at radius 3 is 2.28 bits per heavy atom. The van der Waals surface area contributed by atoms with Crippen molar-refractivity contribution in [2.45, 2.75) is 43.0 Å². The van der Waals surface area contributed by atoms with Crippen LogP contribution in [0, 0.1) is 17.5 Å². The highest BCUT2D eigenvalue weighted by Gasteiger charge is 2.34. The topological polar surface area (TPSA) is 66.5 Å². The summed E-state index contributed by atoms with van der Waals surface area (Å²) in [6.45, 7) is -0.555. The molecule has 0 unspecified atom stereocenters. The summed E-state index contributed by atoms with van der Waals surface area (Å²) in [5, 5.41) is 2.14. The third-order valence-corrected chi connectivity index (χ3v) is 6.85. The first-order valence-corrected chi connectivity index (χ1v) is 10.7. The highest BCUT2D eigenvalue weighted by Crippen LogP contribution is 2.28. The third-order valence-electron chi connectivity index (χ3n) is 4.94. The standard InChI is InChI=1S/C20H21F3N2O3S/c21-16-11-12-17(20(23)19(16)22)24-18(26)13-25(14-7-3-1-4-8-14)29(27,28)15-9-5-2-6-10-15/h2,5-6,9-12,14H,1,3-4,7-8,13H2,(H,24,26). The Balaban J connectivity index is 1.85. The summed E-state index contributed by atoms with van der Waals surface area (Å²) in [5.74, 6) is -5.45. The largest absolute Gasteiger partial charge is 0.322 e. The van der Waals surface area contributed by atoms with Crippen molar-refractivity contribution in [2.75, 3.05) is 11.9 Å². The molecule has 1 amide bonds. The highest BCUT2D eigenvalue weighted by molar-refractivity contribution is 7.89. The summed E-state index contributed by atoms with van der Waals surface area (Å²) in [5.41, 5.74) is -0.547. The van der Waals surface area contributed by atoms with Gasteiger partial charge in [-0.05, 0) is 37.1 Å². The van der Waals surface area contributed by atoms with E-state index in [4.69, 9.17) is 0 Å². The average Bonchev–Trinajstić information content (AvgIpc) is 2.73. The molecule has 0 aromatic heterocycles. The van der Waals surface area contributed by atoms with Gasteiger partial charge in [0.2, 0.25) is 15.9 Å².